The van der Waals surface area contributed by atoms with E-state index in [-0.39, 0.29) is 17.7 Å². The Labute approximate surface area is 216 Å². The Kier molecular flexibility index (Phi) is 6.45. The Hall–Kier alpha value is -3.06. The zero-order valence-electron chi connectivity index (χ0n) is 18.7. The summed E-state index contributed by atoms with van der Waals surface area (Å²) in [5, 5.41) is -0.945. The summed E-state index contributed by atoms with van der Waals surface area (Å²) in [7, 11) is -7.67. The molecule has 12 heteroatoms. The normalized spacial score (nSPS) is 18.2. The molecule has 1 saturated heterocycles. The number of carbonyl (C=O) groups excluding carboxylic acids is 1. The van der Waals surface area contributed by atoms with E-state index in [4.69, 9.17) is 0 Å². The molecule has 0 bridgehead atoms. The number of sulfonamides is 2. The highest BCUT2D eigenvalue weighted by atomic mass is 79.9. The van der Waals surface area contributed by atoms with Crippen molar-refractivity contribution in [2.75, 3.05) is 0 Å². The van der Waals surface area contributed by atoms with Crippen LogP contribution in [0, 0.1) is 0 Å². The zero-order chi connectivity index (χ0) is 25.5. The molecule has 0 aliphatic carbocycles. The van der Waals surface area contributed by atoms with E-state index in [0.29, 0.717) is 21.4 Å². The van der Waals surface area contributed by atoms with Crippen LogP contribution in [0.2, 0.25) is 0 Å². The summed E-state index contributed by atoms with van der Waals surface area (Å²) < 4.78 is 56.2. The number of halogens is 1. The van der Waals surface area contributed by atoms with Crippen LogP contribution in [0.1, 0.15) is 34.7 Å². The van der Waals surface area contributed by atoms with Crippen LogP contribution in [0.15, 0.2) is 82.2 Å². The molecule has 2 heterocycles. The maximum Gasteiger partial charge on any atom is 0.242 e. The number of aromatic amines is 1. The Balaban J connectivity index is 1.47. The van der Waals surface area contributed by atoms with Crippen LogP contribution >= 0.6 is 15.9 Å². The average Bonchev–Trinajstić information content (AvgIpc) is 3.38. The van der Waals surface area contributed by atoms with E-state index < -0.39 is 37.2 Å². The van der Waals surface area contributed by atoms with Gasteiger partial charge in [0, 0.05) is 4.47 Å². The molecule has 186 valence electrons. The third-order valence-electron chi connectivity index (χ3n) is 5.95. The second kappa shape index (κ2) is 9.43. The van der Waals surface area contributed by atoms with Gasteiger partial charge in [-0.2, -0.15) is 0 Å². The second-order valence-electron chi connectivity index (χ2n) is 8.45. The second-order valence-corrected chi connectivity index (χ2v) is 12.9. The van der Waals surface area contributed by atoms with Crippen molar-refractivity contribution < 1.29 is 21.6 Å². The van der Waals surface area contributed by atoms with Gasteiger partial charge in [0.1, 0.15) is 11.1 Å². The molecule has 9 nitrogen and oxygen atoms in total. The Bertz CT molecular complexity index is 1640. The number of nitrogens with zero attached hydrogens (tertiary/aromatic N) is 1. The van der Waals surface area contributed by atoms with Crippen molar-refractivity contribution in [3.8, 4) is 0 Å². The number of aromatic nitrogens is 2. The van der Waals surface area contributed by atoms with E-state index >= 15 is 0 Å². The third-order valence-corrected chi connectivity index (χ3v) is 10.1. The van der Waals surface area contributed by atoms with Gasteiger partial charge in [0.15, 0.2) is 0 Å². The number of imidazole rings is 1. The Morgan fingerprint density at radius 3 is 2.39 bits per heavy atom. The molecule has 2 atom stereocenters. The lowest BCUT2D eigenvalue weighted by molar-refractivity contribution is -0.118. The van der Waals surface area contributed by atoms with Crippen molar-refractivity contribution in [1.82, 2.24) is 19.4 Å². The molecule has 1 amide bonds. The van der Waals surface area contributed by atoms with Gasteiger partial charge in [-0.05, 0) is 57.7 Å². The van der Waals surface area contributed by atoms with Crippen molar-refractivity contribution in [3.63, 3.8) is 0 Å². The highest BCUT2D eigenvalue weighted by molar-refractivity contribution is 9.10. The quantitative estimate of drug-likeness (QED) is 0.302. The maximum atomic E-state index is 13.3. The summed E-state index contributed by atoms with van der Waals surface area (Å²) in [6.07, 6.45) is 0.118. The average molecular weight is 589 g/mol. The number of fused-ring (bicyclic) bond motifs is 1. The predicted octanol–water partition coefficient (Wildman–Crippen LogP) is 3.48. The van der Waals surface area contributed by atoms with E-state index in [1.807, 2.05) is 29.0 Å². The SMILES string of the molecule is O=C1CC(c2ccc(C[C@H](NS(=O)(=O)c3ccccc3Br)c3nc4ccccc4[nH]3)cc2)S(=O)(=O)N1. The fraction of sp³-hybridized carbons (Fsp3) is 0.167. The van der Waals surface area contributed by atoms with E-state index in [9.17, 15) is 21.6 Å². The van der Waals surface area contributed by atoms with Crippen LogP contribution in [0.4, 0.5) is 0 Å². The standard InChI is InChI=1S/C24H21BrN4O5S2/c25-17-5-1-4-8-21(17)35(31,32)28-20(24-26-18-6-2-3-7-19(18)27-24)13-15-9-11-16(12-10-15)22-14-23(30)29-36(22,33)34/h1-12,20,22,28H,13-14H2,(H,26,27)(H,29,30)/t20-,22?/m0/s1. The summed E-state index contributed by atoms with van der Waals surface area (Å²) in [5.41, 5.74) is 2.73. The van der Waals surface area contributed by atoms with Crippen LogP contribution in [0.3, 0.4) is 0 Å². The topological polar surface area (TPSA) is 138 Å². The van der Waals surface area contributed by atoms with Crippen molar-refractivity contribution in [1.29, 1.82) is 0 Å². The number of carbonyl (C=O) groups is 1. The Morgan fingerprint density at radius 1 is 1.03 bits per heavy atom. The summed E-state index contributed by atoms with van der Waals surface area (Å²) in [6, 6.07) is 20.0. The number of rotatable bonds is 7. The smallest absolute Gasteiger partial charge is 0.242 e. The molecule has 5 rings (SSSR count). The minimum atomic E-state index is -3.92. The molecule has 36 heavy (non-hydrogen) atoms. The number of hydrogen-bond acceptors (Lipinski definition) is 6. The van der Waals surface area contributed by atoms with Crippen molar-refractivity contribution in [2.24, 2.45) is 0 Å². The number of hydrogen-bond donors (Lipinski definition) is 3. The minimum absolute atomic E-state index is 0.102. The summed E-state index contributed by atoms with van der Waals surface area (Å²) in [6.45, 7) is 0. The monoisotopic (exact) mass is 588 g/mol. The molecule has 4 aromatic rings. The predicted molar refractivity (Wildman–Crippen MR) is 138 cm³/mol. The lowest BCUT2D eigenvalue weighted by Crippen LogP contribution is -2.31. The van der Waals surface area contributed by atoms with Crippen LogP contribution < -0.4 is 9.44 Å². The van der Waals surface area contributed by atoms with Crippen LogP contribution in [-0.4, -0.2) is 32.7 Å². The number of H-pyrrole nitrogens is 1. The summed E-state index contributed by atoms with van der Waals surface area (Å²) >= 11 is 3.31. The van der Waals surface area contributed by atoms with Crippen molar-refractivity contribution in [3.05, 3.63) is 94.2 Å². The van der Waals surface area contributed by atoms with E-state index in [1.54, 1.807) is 42.5 Å². The highest BCUT2D eigenvalue weighted by Gasteiger charge is 2.37. The lowest BCUT2D eigenvalue weighted by Gasteiger charge is -2.18. The first-order chi connectivity index (χ1) is 17.1. The van der Waals surface area contributed by atoms with Crippen LogP contribution in [0.25, 0.3) is 11.0 Å². The van der Waals surface area contributed by atoms with Crippen LogP contribution in [-0.2, 0) is 31.3 Å². The van der Waals surface area contributed by atoms with Gasteiger partial charge in [-0.1, -0.05) is 48.5 Å². The van der Waals surface area contributed by atoms with Crippen molar-refractivity contribution in [2.45, 2.75) is 29.0 Å². The number of nitrogens with one attached hydrogen (secondary N) is 3. The summed E-state index contributed by atoms with van der Waals surface area (Å²) in [4.78, 5) is 19.5. The molecule has 1 aliphatic rings. The molecule has 1 aromatic heterocycles. The fourth-order valence-electron chi connectivity index (χ4n) is 4.20. The molecule has 1 unspecified atom stereocenters. The molecule has 0 radical (unpaired) electrons. The minimum Gasteiger partial charge on any atom is -0.341 e. The van der Waals surface area contributed by atoms with Gasteiger partial charge in [0.25, 0.3) is 0 Å². The maximum absolute atomic E-state index is 13.3. The molecule has 1 aliphatic heterocycles. The van der Waals surface area contributed by atoms with Gasteiger partial charge < -0.3 is 4.98 Å². The molecule has 0 saturated carbocycles. The van der Waals surface area contributed by atoms with Gasteiger partial charge in [-0.25, -0.2) is 26.5 Å². The molecule has 3 N–H and O–H groups in total. The first-order valence-corrected chi connectivity index (χ1v) is 14.8. The largest absolute Gasteiger partial charge is 0.341 e. The third kappa shape index (κ3) is 4.94. The van der Waals surface area contributed by atoms with Gasteiger partial charge in [-0.3, -0.25) is 9.52 Å². The number of amides is 1. The van der Waals surface area contributed by atoms with E-state index in [0.717, 1.165) is 11.1 Å². The molecular formula is C24H21BrN4O5S2. The van der Waals surface area contributed by atoms with Crippen molar-refractivity contribution >= 4 is 52.9 Å². The first kappa shape index (κ1) is 24.6. The van der Waals surface area contributed by atoms with Gasteiger partial charge >= 0.3 is 0 Å². The number of benzene rings is 3. The van der Waals surface area contributed by atoms with E-state index in [1.165, 1.54) is 6.07 Å². The number of para-hydroxylation sites is 2. The van der Waals surface area contributed by atoms with Crippen LogP contribution in [0.5, 0.6) is 0 Å². The molecular weight excluding hydrogens is 568 g/mol. The zero-order valence-corrected chi connectivity index (χ0v) is 21.9. The Morgan fingerprint density at radius 2 is 1.72 bits per heavy atom. The van der Waals surface area contributed by atoms with Gasteiger partial charge in [0.05, 0.1) is 28.4 Å². The molecule has 3 aromatic carbocycles. The summed E-state index contributed by atoms with van der Waals surface area (Å²) in [5.74, 6) is -0.0837. The highest BCUT2D eigenvalue weighted by Crippen LogP contribution is 2.31. The van der Waals surface area contributed by atoms with E-state index in [2.05, 4.69) is 30.6 Å². The molecule has 1 fully saturated rings. The van der Waals surface area contributed by atoms with Gasteiger partial charge in [-0.15, -0.1) is 0 Å². The first-order valence-electron chi connectivity index (χ1n) is 11.0. The van der Waals surface area contributed by atoms with Gasteiger partial charge in [0.2, 0.25) is 26.0 Å². The lowest BCUT2D eigenvalue weighted by atomic mass is 10.0. The molecule has 0 spiro atoms. The fourth-order valence-corrected chi connectivity index (χ4v) is 7.83.